The van der Waals surface area contributed by atoms with Crippen LogP contribution < -0.4 is 0 Å². The molecule has 0 saturated carbocycles. The fourth-order valence-electron chi connectivity index (χ4n) is 2.48. The van der Waals surface area contributed by atoms with Crippen LogP contribution in [0.1, 0.15) is 37.8 Å². The maximum atomic E-state index is 13.2. The van der Waals surface area contributed by atoms with Gasteiger partial charge < -0.3 is 9.47 Å². The van der Waals surface area contributed by atoms with E-state index in [0.29, 0.717) is 11.1 Å². The van der Waals surface area contributed by atoms with E-state index in [1.165, 1.54) is 18.2 Å². The number of nitrogens with zero attached hydrogens (tertiary/aromatic N) is 1. The van der Waals surface area contributed by atoms with E-state index in [2.05, 4.69) is 6.07 Å². The van der Waals surface area contributed by atoms with Gasteiger partial charge in [-0.3, -0.25) is 0 Å². The number of benzene rings is 1. The first-order chi connectivity index (χ1) is 9.08. The van der Waals surface area contributed by atoms with E-state index < -0.39 is 0 Å². The fraction of sp³-hybridized carbons (Fsp3) is 0.533. The lowest BCUT2D eigenvalue weighted by Crippen LogP contribution is -2.34. The summed E-state index contributed by atoms with van der Waals surface area (Å²) in [5.41, 5.74) is 1.07. The molecular weight excluding hydrogens is 245 g/mol. The number of halogens is 1. The molecule has 0 amide bonds. The third-order valence-electron chi connectivity index (χ3n) is 3.32. The average Bonchev–Trinajstić information content (AvgIpc) is 2.35. The molecule has 19 heavy (non-hydrogen) atoms. The zero-order valence-corrected chi connectivity index (χ0v) is 11.2. The molecule has 0 N–H and O–H groups in total. The van der Waals surface area contributed by atoms with Crippen LogP contribution in [0, 0.1) is 17.1 Å². The Balaban J connectivity index is 1.99. The minimum atomic E-state index is -0.341. The van der Waals surface area contributed by atoms with Gasteiger partial charge in [0.1, 0.15) is 5.82 Å². The SMILES string of the molecule is CC1CC(OCc2cc(F)ccc2C#N)CC(C)O1. The lowest BCUT2D eigenvalue weighted by Gasteiger charge is -2.32. The minimum Gasteiger partial charge on any atom is -0.375 e. The standard InChI is InChI=1S/C15H18FNO2/c1-10-5-15(6-11(2)19-10)18-9-13-7-14(16)4-3-12(13)8-17/h3-4,7,10-11,15H,5-6,9H2,1-2H3. The Kier molecular flexibility index (Phi) is 4.52. The van der Waals surface area contributed by atoms with Gasteiger partial charge in [-0.15, -0.1) is 0 Å². The number of hydrogen-bond donors (Lipinski definition) is 0. The van der Waals surface area contributed by atoms with Gasteiger partial charge in [0, 0.05) is 0 Å². The van der Waals surface area contributed by atoms with Crippen LogP contribution >= 0.6 is 0 Å². The van der Waals surface area contributed by atoms with E-state index in [9.17, 15) is 4.39 Å². The number of nitriles is 1. The molecule has 1 aromatic carbocycles. The van der Waals surface area contributed by atoms with Gasteiger partial charge in [0.25, 0.3) is 0 Å². The summed E-state index contributed by atoms with van der Waals surface area (Å²) in [5, 5.41) is 8.98. The Bertz CT molecular complexity index is 474. The van der Waals surface area contributed by atoms with Crippen molar-refractivity contribution in [3.8, 4) is 6.07 Å². The van der Waals surface area contributed by atoms with Crippen LogP contribution in [0.15, 0.2) is 18.2 Å². The van der Waals surface area contributed by atoms with Crippen LogP contribution in [-0.4, -0.2) is 18.3 Å². The number of hydrogen-bond acceptors (Lipinski definition) is 3. The molecule has 1 heterocycles. The molecule has 0 aromatic heterocycles. The molecule has 2 rings (SSSR count). The fourth-order valence-corrected chi connectivity index (χ4v) is 2.48. The van der Waals surface area contributed by atoms with Crippen molar-refractivity contribution in [2.45, 2.75) is 51.6 Å². The molecule has 2 unspecified atom stereocenters. The predicted molar refractivity (Wildman–Crippen MR) is 68.9 cm³/mol. The van der Waals surface area contributed by atoms with Gasteiger partial charge in [0.15, 0.2) is 0 Å². The summed E-state index contributed by atoms with van der Waals surface area (Å²) in [7, 11) is 0. The Labute approximate surface area is 112 Å². The van der Waals surface area contributed by atoms with Crippen molar-refractivity contribution in [1.82, 2.24) is 0 Å². The molecule has 0 radical (unpaired) electrons. The zero-order valence-electron chi connectivity index (χ0n) is 11.2. The van der Waals surface area contributed by atoms with Crippen molar-refractivity contribution in [1.29, 1.82) is 5.26 Å². The van der Waals surface area contributed by atoms with Gasteiger partial charge in [0.05, 0.1) is 36.6 Å². The molecule has 1 fully saturated rings. The first kappa shape index (κ1) is 14.0. The summed E-state index contributed by atoms with van der Waals surface area (Å²) >= 11 is 0. The van der Waals surface area contributed by atoms with Crippen LogP contribution in [0.4, 0.5) is 4.39 Å². The minimum absolute atomic E-state index is 0.105. The molecule has 1 aliphatic rings. The van der Waals surface area contributed by atoms with Crippen LogP contribution in [0.2, 0.25) is 0 Å². The van der Waals surface area contributed by atoms with Gasteiger partial charge in [-0.05, 0) is 50.5 Å². The molecule has 0 bridgehead atoms. The maximum Gasteiger partial charge on any atom is 0.123 e. The van der Waals surface area contributed by atoms with Gasteiger partial charge in [0.2, 0.25) is 0 Å². The molecule has 1 aromatic rings. The maximum absolute atomic E-state index is 13.2. The van der Waals surface area contributed by atoms with Crippen molar-refractivity contribution in [2.24, 2.45) is 0 Å². The summed E-state index contributed by atoms with van der Waals surface area (Å²) in [5.74, 6) is -0.341. The highest BCUT2D eigenvalue weighted by molar-refractivity contribution is 5.37. The highest BCUT2D eigenvalue weighted by atomic mass is 19.1. The Morgan fingerprint density at radius 3 is 2.68 bits per heavy atom. The second kappa shape index (κ2) is 6.14. The molecule has 2 atom stereocenters. The largest absolute Gasteiger partial charge is 0.375 e. The molecule has 1 saturated heterocycles. The summed E-state index contributed by atoms with van der Waals surface area (Å²) < 4.78 is 24.6. The van der Waals surface area contributed by atoms with E-state index in [1.807, 2.05) is 13.8 Å². The van der Waals surface area contributed by atoms with Crippen molar-refractivity contribution in [3.05, 3.63) is 35.1 Å². The van der Waals surface area contributed by atoms with Crippen molar-refractivity contribution < 1.29 is 13.9 Å². The highest BCUT2D eigenvalue weighted by Gasteiger charge is 2.25. The van der Waals surface area contributed by atoms with E-state index in [4.69, 9.17) is 14.7 Å². The molecule has 102 valence electrons. The summed E-state index contributed by atoms with van der Waals surface area (Å²) in [6.07, 6.45) is 2.13. The van der Waals surface area contributed by atoms with Crippen molar-refractivity contribution >= 4 is 0 Å². The topological polar surface area (TPSA) is 42.2 Å². The molecule has 3 nitrogen and oxygen atoms in total. The van der Waals surface area contributed by atoms with Crippen LogP contribution in [0.5, 0.6) is 0 Å². The molecule has 1 aliphatic heterocycles. The van der Waals surface area contributed by atoms with Gasteiger partial charge in [-0.1, -0.05) is 0 Å². The first-order valence-corrected chi connectivity index (χ1v) is 6.54. The Morgan fingerprint density at radius 1 is 1.37 bits per heavy atom. The van der Waals surface area contributed by atoms with E-state index >= 15 is 0 Å². The quantitative estimate of drug-likeness (QED) is 0.841. The monoisotopic (exact) mass is 263 g/mol. The van der Waals surface area contributed by atoms with Gasteiger partial charge in [-0.2, -0.15) is 5.26 Å². The second-order valence-corrected chi connectivity index (χ2v) is 5.08. The lowest BCUT2D eigenvalue weighted by molar-refractivity contribution is -0.106. The predicted octanol–water partition coefficient (Wildman–Crippen LogP) is 3.17. The third-order valence-corrected chi connectivity index (χ3v) is 3.32. The smallest absolute Gasteiger partial charge is 0.123 e. The Morgan fingerprint density at radius 2 is 2.05 bits per heavy atom. The van der Waals surface area contributed by atoms with E-state index in [1.54, 1.807) is 0 Å². The van der Waals surface area contributed by atoms with E-state index in [-0.39, 0.29) is 30.7 Å². The lowest BCUT2D eigenvalue weighted by atomic mass is 10.0. The first-order valence-electron chi connectivity index (χ1n) is 6.54. The van der Waals surface area contributed by atoms with Crippen LogP contribution in [-0.2, 0) is 16.1 Å². The number of rotatable bonds is 3. The van der Waals surface area contributed by atoms with Crippen molar-refractivity contribution in [2.75, 3.05) is 0 Å². The van der Waals surface area contributed by atoms with Gasteiger partial charge in [-0.25, -0.2) is 4.39 Å². The second-order valence-electron chi connectivity index (χ2n) is 5.08. The number of ether oxygens (including phenoxy) is 2. The van der Waals surface area contributed by atoms with Crippen LogP contribution in [0.3, 0.4) is 0 Å². The van der Waals surface area contributed by atoms with Crippen molar-refractivity contribution in [3.63, 3.8) is 0 Å². The van der Waals surface area contributed by atoms with E-state index in [0.717, 1.165) is 12.8 Å². The van der Waals surface area contributed by atoms with Gasteiger partial charge >= 0.3 is 0 Å². The summed E-state index contributed by atoms with van der Waals surface area (Å²) in [6, 6.07) is 6.20. The molecule has 0 spiro atoms. The summed E-state index contributed by atoms with van der Waals surface area (Å²) in [6.45, 7) is 4.31. The zero-order chi connectivity index (χ0) is 13.8. The Hall–Kier alpha value is -1.44. The highest BCUT2D eigenvalue weighted by Crippen LogP contribution is 2.23. The normalized spacial score (nSPS) is 26.9. The molecular formula is C15H18FNO2. The molecule has 0 aliphatic carbocycles. The average molecular weight is 263 g/mol. The molecule has 4 heteroatoms. The van der Waals surface area contributed by atoms with Crippen LogP contribution in [0.25, 0.3) is 0 Å². The third kappa shape index (κ3) is 3.76. The summed E-state index contributed by atoms with van der Waals surface area (Å²) in [4.78, 5) is 0.